The lowest BCUT2D eigenvalue weighted by Crippen LogP contribution is -2.22. The van der Waals surface area contributed by atoms with Crippen LogP contribution < -0.4 is 5.32 Å². The Hall–Kier alpha value is -0.710. The van der Waals surface area contributed by atoms with Crippen molar-refractivity contribution in [2.45, 2.75) is 25.8 Å². The van der Waals surface area contributed by atoms with E-state index < -0.39 is 0 Å². The van der Waals surface area contributed by atoms with E-state index in [1.54, 1.807) is 0 Å². The summed E-state index contributed by atoms with van der Waals surface area (Å²) >= 11 is 0. The standard InChI is InChI=1S/C6H10N2/c1-5(8-4-7)6-2-3-6/h5-6,8H,2-3H2,1H3. The smallest absolute Gasteiger partial charge is 0.176 e. The molecule has 44 valence electrons. The lowest BCUT2D eigenvalue weighted by molar-refractivity contribution is 0.575. The van der Waals surface area contributed by atoms with Gasteiger partial charge in [0.05, 0.1) is 0 Å². The highest BCUT2D eigenvalue weighted by atomic mass is 14.9. The van der Waals surface area contributed by atoms with Gasteiger partial charge in [0.15, 0.2) is 6.19 Å². The van der Waals surface area contributed by atoms with Crippen LogP contribution in [0.1, 0.15) is 19.8 Å². The highest BCUT2D eigenvalue weighted by Gasteiger charge is 2.27. The first-order chi connectivity index (χ1) is 3.84. The van der Waals surface area contributed by atoms with Crippen molar-refractivity contribution in [2.75, 3.05) is 0 Å². The minimum absolute atomic E-state index is 0.417. The van der Waals surface area contributed by atoms with Crippen LogP contribution in [0.3, 0.4) is 0 Å². The summed E-state index contributed by atoms with van der Waals surface area (Å²) < 4.78 is 0. The summed E-state index contributed by atoms with van der Waals surface area (Å²) in [6, 6.07) is 0.417. The van der Waals surface area contributed by atoms with E-state index in [1.165, 1.54) is 12.8 Å². The largest absolute Gasteiger partial charge is 0.321 e. The molecule has 8 heavy (non-hydrogen) atoms. The van der Waals surface area contributed by atoms with Gasteiger partial charge in [-0.05, 0) is 25.7 Å². The molecule has 0 aromatic rings. The van der Waals surface area contributed by atoms with Crippen molar-refractivity contribution in [3.63, 3.8) is 0 Å². The third-order valence-electron chi connectivity index (χ3n) is 1.62. The summed E-state index contributed by atoms with van der Waals surface area (Å²) in [5.41, 5.74) is 0. The Morgan fingerprint density at radius 1 is 1.75 bits per heavy atom. The molecule has 2 nitrogen and oxygen atoms in total. The maximum Gasteiger partial charge on any atom is 0.176 e. The molecule has 0 radical (unpaired) electrons. The van der Waals surface area contributed by atoms with Gasteiger partial charge in [0, 0.05) is 6.04 Å². The van der Waals surface area contributed by atoms with Gasteiger partial charge in [-0.2, -0.15) is 5.26 Å². The van der Waals surface area contributed by atoms with Crippen LogP contribution in [0.25, 0.3) is 0 Å². The van der Waals surface area contributed by atoms with Gasteiger partial charge in [-0.3, -0.25) is 0 Å². The zero-order valence-electron chi connectivity index (χ0n) is 5.02. The fraction of sp³-hybridized carbons (Fsp3) is 0.833. The highest BCUT2D eigenvalue weighted by molar-refractivity contribution is 4.86. The topological polar surface area (TPSA) is 35.8 Å². The Kier molecular flexibility index (Phi) is 1.38. The second-order valence-corrected chi connectivity index (χ2v) is 2.38. The molecule has 1 unspecified atom stereocenters. The third kappa shape index (κ3) is 1.13. The van der Waals surface area contributed by atoms with E-state index in [-0.39, 0.29) is 0 Å². The molecule has 1 saturated carbocycles. The van der Waals surface area contributed by atoms with Gasteiger partial charge in [-0.1, -0.05) is 0 Å². The number of hydrogen-bond donors (Lipinski definition) is 1. The molecule has 0 aromatic heterocycles. The molecule has 0 spiro atoms. The van der Waals surface area contributed by atoms with Crippen LogP contribution in [0.4, 0.5) is 0 Å². The van der Waals surface area contributed by atoms with Crippen molar-refractivity contribution in [1.29, 1.82) is 5.26 Å². The molecular formula is C6H10N2. The van der Waals surface area contributed by atoms with Crippen LogP contribution in [0.2, 0.25) is 0 Å². The third-order valence-corrected chi connectivity index (χ3v) is 1.62. The minimum atomic E-state index is 0.417. The van der Waals surface area contributed by atoms with E-state index >= 15 is 0 Å². The van der Waals surface area contributed by atoms with Crippen LogP contribution in [-0.2, 0) is 0 Å². The zero-order chi connectivity index (χ0) is 5.98. The van der Waals surface area contributed by atoms with E-state index in [0.717, 1.165) is 5.92 Å². The van der Waals surface area contributed by atoms with E-state index in [2.05, 4.69) is 12.2 Å². The van der Waals surface area contributed by atoms with Gasteiger partial charge in [-0.15, -0.1) is 0 Å². The molecule has 1 aliphatic carbocycles. The molecule has 1 atom stereocenters. The van der Waals surface area contributed by atoms with Crippen molar-refractivity contribution in [3.8, 4) is 6.19 Å². The van der Waals surface area contributed by atoms with Gasteiger partial charge in [0.2, 0.25) is 0 Å². The van der Waals surface area contributed by atoms with Gasteiger partial charge in [0.25, 0.3) is 0 Å². The fourth-order valence-corrected chi connectivity index (χ4v) is 0.816. The van der Waals surface area contributed by atoms with Crippen molar-refractivity contribution < 1.29 is 0 Å². The van der Waals surface area contributed by atoms with Crippen molar-refractivity contribution in [2.24, 2.45) is 5.92 Å². The summed E-state index contributed by atoms with van der Waals surface area (Å²) in [5.74, 6) is 0.787. The summed E-state index contributed by atoms with van der Waals surface area (Å²) in [4.78, 5) is 0. The van der Waals surface area contributed by atoms with Crippen molar-refractivity contribution in [1.82, 2.24) is 5.32 Å². The monoisotopic (exact) mass is 110 g/mol. The Labute approximate surface area is 49.5 Å². The maximum absolute atomic E-state index is 8.15. The van der Waals surface area contributed by atoms with Crippen molar-refractivity contribution >= 4 is 0 Å². The van der Waals surface area contributed by atoms with E-state index in [4.69, 9.17) is 5.26 Å². The van der Waals surface area contributed by atoms with E-state index in [1.807, 2.05) is 6.19 Å². The van der Waals surface area contributed by atoms with Gasteiger partial charge < -0.3 is 5.32 Å². The fourth-order valence-electron chi connectivity index (χ4n) is 0.816. The van der Waals surface area contributed by atoms with Crippen LogP contribution >= 0.6 is 0 Å². The first kappa shape index (κ1) is 5.43. The SMILES string of the molecule is CC(NC#N)C1CC1. The highest BCUT2D eigenvalue weighted by Crippen LogP contribution is 2.31. The average molecular weight is 110 g/mol. The zero-order valence-corrected chi connectivity index (χ0v) is 5.02. The minimum Gasteiger partial charge on any atom is -0.321 e. The molecular weight excluding hydrogens is 100 g/mol. The quantitative estimate of drug-likeness (QED) is 0.422. The molecule has 1 fully saturated rings. The molecule has 0 aromatic carbocycles. The second kappa shape index (κ2) is 2.04. The van der Waals surface area contributed by atoms with Crippen LogP contribution in [0, 0.1) is 17.4 Å². The molecule has 0 heterocycles. The van der Waals surface area contributed by atoms with Crippen LogP contribution in [0.5, 0.6) is 0 Å². The van der Waals surface area contributed by atoms with Gasteiger partial charge in [0.1, 0.15) is 0 Å². The van der Waals surface area contributed by atoms with Crippen LogP contribution in [0.15, 0.2) is 0 Å². The predicted molar refractivity (Wildman–Crippen MR) is 30.9 cm³/mol. The summed E-state index contributed by atoms with van der Waals surface area (Å²) in [6.45, 7) is 2.06. The normalized spacial score (nSPS) is 21.5. The number of hydrogen-bond acceptors (Lipinski definition) is 2. The lowest BCUT2D eigenvalue weighted by atomic mass is 10.2. The Balaban J connectivity index is 2.15. The molecule has 1 rings (SSSR count). The Morgan fingerprint density at radius 3 is 2.75 bits per heavy atom. The molecule has 1 N–H and O–H groups in total. The Bertz CT molecular complexity index is 110. The number of nitrogens with zero attached hydrogens (tertiary/aromatic N) is 1. The first-order valence-corrected chi connectivity index (χ1v) is 2.99. The predicted octanol–water partition coefficient (Wildman–Crippen LogP) is 0.856. The van der Waals surface area contributed by atoms with Gasteiger partial charge >= 0.3 is 0 Å². The molecule has 0 aliphatic heterocycles. The first-order valence-electron chi connectivity index (χ1n) is 2.99. The molecule has 0 saturated heterocycles. The van der Waals surface area contributed by atoms with Crippen LogP contribution in [-0.4, -0.2) is 6.04 Å². The summed E-state index contributed by atoms with van der Waals surface area (Å²) in [5, 5.41) is 10.9. The summed E-state index contributed by atoms with van der Waals surface area (Å²) in [7, 11) is 0. The van der Waals surface area contributed by atoms with Gasteiger partial charge in [-0.25, -0.2) is 0 Å². The summed E-state index contributed by atoms with van der Waals surface area (Å²) in [6.07, 6.45) is 4.54. The van der Waals surface area contributed by atoms with E-state index in [0.29, 0.717) is 6.04 Å². The average Bonchev–Trinajstić information content (AvgIpc) is 2.45. The number of nitrogens with one attached hydrogen (secondary N) is 1. The molecule has 0 bridgehead atoms. The molecule has 2 heteroatoms. The van der Waals surface area contributed by atoms with E-state index in [9.17, 15) is 0 Å². The lowest BCUT2D eigenvalue weighted by Gasteiger charge is -2.03. The number of rotatable bonds is 2. The maximum atomic E-state index is 8.15. The van der Waals surface area contributed by atoms with Crippen molar-refractivity contribution in [3.05, 3.63) is 0 Å². The molecule has 1 aliphatic rings. The second-order valence-electron chi connectivity index (χ2n) is 2.38. The molecule has 0 amide bonds. The number of nitriles is 1. The Morgan fingerprint density at radius 2 is 2.38 bits per heavy atom.